The average Bonchev–Trinajstić information content (AvgIpc) is 2.76. The molecule has 1 fully saturated rings. The van der Waals surface area contributed by atoms with Crippen molar-refractivity contribution in [1.82, 2.24) is 4.90 Å². The van der Waals surface area contributed by atoms with E-state index in [1.54, 1.807) is 4.90 Å². The minimum Gasteiger partial charge on any atom is -0.376 e. The van der Waals surface area contributed by atoms with E-state index in [4.69, 9.17) is 16.2 Å². The second kappa shape index (κ2) is 8.29. The van der Waals surface area contributed by atoms with Gasteiger partial charge in [0.25, 0.3) is 0 Å². The van der Waals surface area contributed by atoms with E-state index < -0.39 is 11.9 Å². The summed E-state index contributed by atoms with van der Waals surface area (Å²) in [5.41, 5.74) is 10.7. The topological polar surface area (TPSA) is 98.7 Å². The van der Waals surface area contributed by atoms with Crippen LogP contribution in [0.15, 0.2) is 0 Å². The number of halogens is 1. The molecule has 1 rings (SSSR count). The van der Waals surface area contributed by atoms with E-state index in [1.165, 1.54) is 0 Å². The van der Waals surface area contributed by atoms with E-state index >= 15 is 0 Å². The van der Waals surface area contributed by atoms with Gasteiger partial charge < -0.3 is 21.1 Å². The maximum Gasteiger partial charge on any atom is 0.240 e. The molecule has 1 aliphatic rings. The van der Waals surface area contributed by atoms with Gasteiger partial charge in [-0.15, -0.1) is 12.4 Å². The number of amides is 2. The molecule has 0 aromatic carbocycles. The molecule has 0 bridgehead atoms. The third kappa shape index (κ3) is 5.20. The molecule has 0 aliphatic carbocycles. The first-order chi connectivity index (χ1) is 8.04. The van der Waals surface area contributed by atoms with Crippen LogP contribution in [0.3, 0.4) is 0 Å². The lowest BCUT2D eigenvalue weighted by atomic mass is 10.1. The zero-order valence-corrected chi connectivity index (χ0v) is 11.4. The minimum atomic E-state index is -0.839. The van der Waals surface area contributed by atoms with Crippen molar-refractivity contribution < 1.29 is 14.3 Å². The molecule has 18 heavy (non-hydrogen) atoms. The summed E-state index contributed by atoms with van der Waals surface area (Å²) in [4.78, 5) is 24.3. The summed E-state index contributed by atoms with van der Waals surface area (Å²) in [6.45, 7) is 3.74. The lowest BCUT2D eigenvalue weighted by Crippen LogP contribution is -2.47. The predicted octanol–water partition coefficient (Wildman–Crippen LogP) is -0.362. The van der Waals surface area contributed by atoms with Gasteiger partial charge in [0, 0.05) is 19.7 Å². The molecular weight excluding hydrogens is 258 g/mol. The monoisotopic (exact) mass is 279 g/mol. The number of likely N-dealkylation sites (N-methyl/N-ethyl adjacent to an activating group) is 1. The van der Waals surface area contributed by atoms with Crippen molar-refractivity contribution in [2.45, 2.75) is 38.3 Å². The first-order valence-electron chi connectivity index (χ1n) is 5.98. The number of carbonyl (C=O) groups is 2. The molecule has 0 aromatic rings. The summed E-state index contributed by atoms with van der Waals surface area (Å²) in [5.74, 6) is -0.791. The van der Waals surface area contributed by atoms with Gasteiger partial charge in [-0.05, 0) is 19.8 Å². The quantitative estimate of drug-likeness (QED) is 0.693. The SMILES string of the molecule is CCN(CC1CCCO1)C(=O)C(N)CC(N)=O.Cl. The van der Waals surface area contributed by atoms with Gasteiger partial charge in [0.2, 0.25) is 11.8 Å². The van der Waals surface area contributed by atoms with Gasteiger partial charge in [-0.2, -0.15) is 0 Å². The Labute approximate surface area is 113 Å². The first kappa shape index (κ1) is 17.2. The number of carbonyl (C=O) groups excluding carboxylic acids is 2. The van der Waals surface area contributed by atoms with Gasteiger partial charge in [0.1, 0.15) is 0 Å². The van der Waals surface area contributed by atoms with Crippen molar-refractivity contribution in [3.8, 4) is 0 Å². The first-order valence-corrected chi connectivity index (χ1v) is 5.98. The van der Waals surface area contributed by atoms with E-state index in [0.29, 0.717) is 13.1 Å². The predicted molar refractivity (Wildman–Crippen MR) is 70.3 cm³/mol. The molecule has 106 valence electrons. The van der Waals surface area contributed by atoms with Crippen LogP contribution in [-0.2, 0) is 14.3 Å². The Bertz CT molecular complexity index is 283. The Kier molecular flexibility index (Phi) is 7.90. The van der Waals surface area contributed by atoms with Crippen LogP contribution in [0.25, 0.3) is 0 Å². The van der Waals surface area contributed by atoms with Gasteiger partial charge in [-0.3, -0.25) is 9.59 Å². The summed E-state index contributed by atoms with van der Waals surface area (Å²) in [5, 5.41) is 0. The lowest BCUT2D eigenvalue weighted by Gasteiger charge is -2.26. The highest BCUT2D eigenvalue weighted by molar-refractivity contribution is 5.87. The smallest absolute Gasteiger partial charge is 0.240 e. The number of nitrogens with zero attached hydrogens (tertiary/aromatic N) is 1. The van der Waals surface area contributed by atoms with Crippen molar-refractivity contribution in [2.75, 3.05) is 19.7 Å². The van der Waals surface area contributed by atoms with E-state index in [0.717, 1.165) is 19.4 Å². The number of hydrogen-bond donors (Lipinski definition) is 2. The van der Waals surface area contributed by atoms with Crippen molar-refractivity contribution in [3.63, 3.8) is 0 Å². The Morgan fingerprint density at radius 3 is 2.61 bits per heavy atom. The van der Waals surface area contributed by atoms with Crippen LogP contribution >= 0.6 is 12.4 Å². The summed E-state index contributed by atoms with van der Waals surface area (Å²) in [6.07, 6.45) is 1.99. The second-order valence-corrected chi connectivity index (χ2v) is 4.29. The maximum absolute atomic E-state index is 11.9. The van der Waals surface area contributed by atoms with Crippen molar-refractivity contribution in [1.29, 1.82) is 0 Å². The molecule has 1 aliphatic heterocycles. The number of nitrogens with two attached hydrogens (primary N) is 2. The van der Waals surface area contributed by atoms with E-state index in [-0.39, 0.29) is 30.8 Å². The average molecular weight is 280 g/mol. The third-order valence-corrected chi connectivity index (χ3v) is 2.88. The molecule has 6 nitrogen and oxygen atoms in total. The zero-order chi connectivity index (χ0) is 12.8. The highest BCUT2D eigenvalue weighted by Crippen LogP contribution is 2.13. The van der Waals surface area contributed by atoms with Gasteiger partial charge in [-0.1, -0.05) is 0 Å². The molecule has 0 aromatic heterocycles. The standard InChI is InChI=1S/C11H21N3O3.ClH/c1-2-14(7-8-4-3-5-17-8)11(16)9(12)6-10(13)15;/h8-9H,2-7,12H2,1H3,(H2,13,15);1H. The van der Waals surface area contributed by atoms with E-state index in [1.807, 2.05) is 6.92 Å². The number of ether oxygens (including phenoxy) is 1. The molecule has 0 spiro atoms. The van der Waals surface area contributed by atoms with Crippen LogP contribution in [0.5, 0.6) is 0 Å². The normalized spacial score (nSPS) is 20.0. The van der Waals surface area contributed by atoms with Crippen molar-refractivity contribution >= 4 is 24.2 Å². The number of rotatable bonds is 6. The summed E-state index contributed by atoms with van der Waals surface area (Å²) >= 11 is 0. The van der Waals surface area contributed by atoms with Crippen molar-refractivity contribution in [2.24, 2.45) is 11.5 Å². The molecule has 1 heterocycles. The fourth-order valence-corrected chi connectivity index (χ4v) is 1.95. The molecular formula is C11H22ClN3O3. The van der Waals surface area contributed by atoms with Crippen LogP contribution in [-0.4, -0.2) is 48.6 Å². The van der Waals surface area contributed by atoms with Crippen LogP contribution in [0.4, 0.5) is 0 Å². The number of primary amides is 1. The fourth-order valence-electron chi connectivity index (χ4n) is 1.95. The highest BCUT2D eigenvalue weighted by atomic mass is 35.5. The van der Waals surface area contributed by atoms with Crippen LogP contribution in [0.1, 0.15) is 26.2 Å². The summed E-state index contributed by atoms with van der Waals surface area (Å²) in [6, 6.07) is -0.839. The van der Waals surface area contributed by atoms with Gasteiger partial charge in [0.05, 0.1) is 18.6 Å². The maximum atomic E-state index is 11.9. The largest absolute Gasteiger partial charge is 0.376 e. The molecule has 2 atom stereocenters. The Hall–Kier alpha value is -0.850. The Morgan fingerprint density at radius 2 is 2.17 bits per heavy atom. The molecule has 7 heteroatoms. The third-order valence-electron chi connectivity index (χ3n) is 2.88. The Morgan fingerprint density at radius 1 is 1.50 bits per heavy atom. The second-order valence-electron chi connectivity index (χ2n) is 4.29. The summed E-state index contributed by atoms with van der Waals surface area (Å²) < 4.78 is 5.47. The molecule has 0 saturated carbocycles. The summed E-state index contributed by atoms with van der Waals surface area (Å²) in [7, 11) is 0. The lowest BCUT2D eigenvalue weighted by molar-refractivity contribution is -0.135. The van der Waals surface area contributed by atoms with Gasteiger partial charge >= 0.3 is 0 Å². The Balaban J connectivity index is 0.00000289. The molecule has 0 radical (unpaired) electrons. The molecule has 2 unspecified atom stereocenters. The fraction of sp³-hybridized carbons (Fsp3) is 0.818. The molecule has 2 amide bonds. The van der Waals surface area contributed by atoms with Gasteiger partial charge in [-0.25, -0.2) is 0 Å². The zero-order valence-electron chi connectivity index (χ0n) is 10.6. The van der Waals surface area contributed by atoms with E-state index in [2.05, 4.69) is 0 Å². The molecule has 1 saturated heterocycles. The van der Waals surface area contributed by atoms with Gasteiger partial charge in [0.15, 0.2) is 0 Å². The van der Waals surface area contributed by atoms with Crippen LogP contribution in [0.2, 0.25) is 0 Å². The van der Waals surface area contributed by atoms with Crippen molar-refractivity contribution in [3.05, 3.63) is 0 Å². The minimum absolute atomic E-state index is 0. The van der Waals surface area contributed by atoms with Crippen LogP contribution < -0.4 is 11.5 Å². The van der Waals surface area contributed by atoms with Crippen LogP contribution in [0, 0.1) is 0 Å². The molecule has 4 N–H and O–H groups in total. The van der Waals surface area contributed by atoms with E-state index in [9.17, 15) is 9.59 Å². The number of hydrogen-bond acceptors (Lipinski definition) is 4. The highest BCUT2D eigenvalue weighted by Gasteiger charge is 2.25.